The number of amides is 2. The monoisotopic (exact) mass is 524 g/mol. The molecule has 2 amide bonds. The number of carboxylic acid groups (broad SMARTS) is 1. The number of alkyl halides is 3. The number of rotatable bonds is 8. The van der Waals surface area contributed by atoms with Crippen LogP contribution in [0.4, 0.5) is 18.9 Å². The molecule has 0 spiro atoms. The van der Waals surface area contributed by atoms with E-state index < -0.39 is 40.6 Å². The summed E-state index contributed by atoms with van der Waals surface area (Å²) in [5.74, 6) is -2.41. The fraction of sp³-hybridized carbons (Fsp3) is 0.276. The largest absolute Gasteiger partial charge is 0.480 e. The van der Waals surface area contributed by atoms with Crippen molar-refractivity contribution in [1.29, 1.82) is 0 Å². The van der Waals surface area contributed by atoms with E-state index >= 15 is 0 Å². The molecule has 0 aromatic heterocycles. The molecule has 3 N–H and O–H groups in total. The van der Waals surface area contributed by atoms with E-state index in [1.165, 1.54) is 24.3 Å². The molecule has 38 heavy (non-hydrogen) atoms. The zero-order chi connectivity index (χ0) is 27.3. The Bertz CT molecular complexity index is 1300. The average molecular weight is 525 g/mol. The zero-order valence-corrected chi connectivity index (χ0v) is 20.4. The van der Waals surface area contributed by atoms with Gasteiger partial charge >= 0.3 is 12.1 Å². The van der Waals surface area contributed by atoms with Gasteiger partial charge in [0.15, 0.2) is 0 Å². The summed E-state index contributed by atoms with van der Waals surface area (Å²) in [4.78, 5) is 37.9. The minimum absolute atomic E-state index is 0.00290. The smallest absolute Gasteiger partial charge is 0.417 e. The molecule has 0 unspecified atom stereocenters. The lowest BCUT2D eigenvalue weighted by molar-refractivity contribution is -0.142. The maximum absolute atomic E-state index is 13.4. The number of aliphatic carboxylic acids is 1. The number of carbonyl (C=O) groups excluding carboxylic acids is 2. The maximum Gasteiger partial charge on any atom is 0.417 e. The molecule has 0 bridgehead atoms. The summed E-state index contributed by atoms with van der Waals surface area (Å²) >= 11 is 0. The molecule has 198 valence electrons. The van der Waals surface area contributed by atoms with Crippen molar-refractivity contribution in [3.8, 4) is 0 Å². The highest BCUT2D eigenvalue weighted by atomic mass is 19.4. The number of halogens is 3. The molecule has 0 aliphatic heterocycles. The summed E-state index contributed by atoms with van der Waals surface area (Å²) in [6.07, 6.45) is -1.65. The van der Waals surface area contributed by atoms with Crippen LogP contribution >= 0.6 is 0 Å². The SMILES string of the molecule is O=C(Nc1ccc(C[C@H](NC(=O)C2(c3ccccc3)CCCC2)C(=O)O)cc1)c1ccccc1C(F)(F)F. The van der Waals surface area contributed by atoms with Crippen molar-refractivity contribution >= 4 is 23.5 Å². The lowest BCUT2D eigenvalue weighted by Gasteiger charge is -2.30. The maximum atomic E-state index is 13.4. The topological polar surface area (TPSA) is 95.5 Å². The van der Waals surface area contributed by atoms with E-state index in [1.54, 1.807) is 12.1 Å². The van der Waals surface area contributed by atoms with Crippen molar-refractivity contribution in [2.24, 2.45) is 0 Å². The van der Waals surface area contributed by atoms with Crippen molar-refractivity contribution in [2.45, 2.75) is 49.7 Å². The number of hydrogen-bond acceptors (Lipinski definition) is 3. The molecule has 3 aromatic rings. The standard InChI is InChI=1S/C29H27F3N2O4/c30-29(31,32)23-11-5-4-10-22(23)25(35)33-21-14-12-19(13-15-21)18-24(26(36)37)34-27(38)28(16-6-7-17-28)20-8-2-1-3-9-20/h1-5,8-15,24H,6-7,16-18H2,(H,33,35)(H,34,38)(H,36,37)/t24-/m0/s1. The Hall–Kier alpha value is -4.14. The second kappa shape index (κ2) is 11.1. The predicted molar refractivity (Wildman–Crippen MR) is 136 cm³/mol. The van der Waals surface area contributed by atoms with Gasteiger partial charge in [0.2, 0.25) is 5.91 Å². The second-order valence-corrected chi connectivity index (χ2v) is 9.42. The van der Waals surface area contributed by atoms with Crippen molar-refractivity contribution in [3.63, 3.8) is 0 Å². The van der Waals surface area contributed by atoms with Gasteiger partial charge in [-0.3, -0.25) is 9.59 Å². The van der Waals surface area contributed by atoms with Gasteiger partial charge in [0.1, 0.15) is 6.04 Å². The van der Waals surface area contributed by atoms with Crippen LogP contribution in [0, 0.1) is 0 Å². The van der Waals surface area contributed by atoms with Crippen molar-refractivity contribution in [3.05, 3.63) is 101 Å². The lowest BCUT2D eigenvalue weighted by Crippen LogP contribution is -2.50. The van der Waals surface area contributed by atoms with Crippen molar-refractivity contribution in [1.82, 2.24) is 5.32 Å². The number of nitrogens with one attached hydrogen (secondary N) is 2. The molecule has 1 aliphatic rings. The molecule has 1 saturated carbocycles. The highest BCUT2D eigenvalue weighted by Crippen LogP contribution is 2.41. The van der Waals surface area contributed by atoms with Gasteiger partial charge in [-0.2, -0.15) is 13.2 Å². The quantitative estimate of drug-likeness (QED) is 0.359. The Kier molecular flexibility index (Phi) is 7.85. The number of carboxylic acids is 1. The van der Waals surface area contributed by atoms with Gasteiger partial charge in [-0.15, -0.1) is 0 Å². The Morgan fingerprint density at radius 1 is 0.868 bits per heavy atom. The Morgan fingerprint density at radius 3 is 2.08 bits per heavy atom. The number of carbonyl (C=O) groups is 3. The Balaban J connectivity index is 1.45. The average Bonchev–Trinajstić information content (AvgIpc) is 3.41. The van der Waals surface area contributed by atoms with E-state index in [1.807, 2.05) is 30.3 Å². The van der Waals surface area contributed by atoms with Gasteiger partial charge < -0.3 is 15.7 Å². The van der Waals surface area contributed by atoms with E-state index in [-0.39, 0.29) is 18.0 Å². The molecule has 4 rings (SSSR count). The van der Waals surface area contributed by atoms with Gasteiger partial charge in [-0.05, 0) is 48.2 Å². The van der Waals surface area contributed by atoms with Crippen LogP contribution in [-0.4, -0.2) is 28.9 Å². The molecular formula is C29H27F3N2O4. The molecule has 0 radical (unpaired) electrons. The normalized spacial score (nSPS) is 15.4. The molecule has 0 saturated heterocycles. The third-order valence-corrected chi connectivity index (χ3v) is 6.95. The Morgan fingerprint density at radius 2 is 1.47 bits per heavy atom. The highest BCUT2D eigenvalue weighted by Gasteiger charge is 2.43. The van der Waals surface area contributed by atoms with E-state index in [0.717, 1.165) is 30.5 Å². The van der Waals surface area contributed by atoms with Crippen LogP contribution in [0.2, 0.25) is 0 Å². The van der Waals surface area contributed by atoms with Gasteiger partial charge in [0.25, 0.3) is 5.91 Å². The second-order valence-electron chi connectivity index (χ2n) is 9.42. The zero-order valence-electron chi connectivity index (χ0n) is 20.4. The molecule has 1 fully saturated rings. The van der Waals surface area contributed by atoms with Crippen LogP contribution in [0.3, 0.4) is 0 Å². The summed E-state index contributed by atoms with van der Waals surface area (Å²) < 4.78 is 39.7. The molecule has 6 nitrogen and oxygen atoms in total. The summed E-state index contributed by atoms with van der Waals surface area (Å²) in [6.45, 7) is 0. The Labute approximate surface area is 217 Å². The van der Waals surface area contributed by atoms with Gasteiger partial charge in [-0.1, -0.05) is 67.4 Å². The van der Waals surface area contributed by atoms with E-state index in [2.05, 4.69) is 10.6 Å². The van der Waals surface area contributed by atoms with Gasteiger partial charge in [0.05, 0.1) is 16.5 Å². The van der Waals surface area contributed by atoms with Crippen LogP contribution in [0.25, 0.3) is 0 Å². The van der Waals surface area contributed by atoms with Crippen LogP contribution < -0.4 is 10.6 Å². The molecular weight excluding hydrogens is 497 g/mol. The van der Waals surface area contributed by atoms with E-state index in [0.29, 0.717) is 18.4 Å². The molecule has 0 heterocycles. The minimum Gasteiger partial charge on any atom is -0.480 e. The first kappa shape index (κ1) is 26.9. The third-order valence-electron chi connectivity index (χ3n) is 6.95. The van der Waals surface area contributed by atoms with Crippen molar-refractivity contribution in [2.75, 3.05) is 5.32 Å². The van der Waals surface area contributed by atoms with E-state index in [9.17, 15) is 32.7 Å². The first-order valence-corrected chi connectivity index (χ1v) is 12.3. The van der Waals surface area contributed by atoms with Crippen LogP contribution in [0.1, 0.15) is 52.7 Å². The summed E-state index contributed by atoms with van der Waals surface area (Å²) in [5, 5.41) is 15.0. The number of benzene rings is 3. The lowest BCUT2D eigenvalue weighted by atomic mass is 9.77. The fourth-order valence-corrected chi connectivity index (χ4v) is 4.97. The number of hydrogen-bond donors (Lipinski definition) is 3. The summed E-state index contributed by atoms with van der Waals surface area (Å²) in [7, 11) is 0. The summed E-state index contributed by atoms with van der Waals surface area (Å²) in [6, 6.07) is 18.8. The van der Waals surface area contributed by atoms with Crippen LogP contribution in [0.15, 0.2) is 78.9 Å². The number of anilines is 1. The van der Waals surface area contributed by atoms with Gasteiger partial charge in [-0.25, -0.2) is 4.79 Å². The highest BCUT2D eigenvalue weighted by molar-refractivity contribution is 6.05. The molecule has 9 heteroatoms. The summed E-state index contributed by atoms with van der Waals surface area (Å²) in [5.41, 5.74) is -0.615. The molecule has 3 aromatic carbocycles. The fourth-order valence-electron chi connectivity index (χ4n) is 4.97. The van der Waals surface area contributed by atoms with E-state index in [4.69, 9.17) is 0 Å². The molecule has 1 atom stereocenters. The van der Waals surface area contributed by atoms with Crippen molar-refractivity contribution < 1.29 is 32.7 Å². The predicted octanol–water partition coefficient (Wildman–Crippen LogP) is 5.58. The van der Waals surface area contributed by atoms with Gasteiger partial charge in [0, 0.05) is 12.1 Å². The first-order chi connectivity index (χ1) is 18.1. The minimum atomic E-state index is -4.67. The van der Waals surface area contributed by atoms with Crippen LogP contribution in [-0.2, 0) is 27.6 Å². The third kappa shape index (κ3) is 5.88. The molecule has 1 aliphatic carbocycles. The van der Waals surface area contributed by atoms with Crippen LogP contribution in [0.5, 0.6) is 0 Å². The first-order valence-electron chi connectivity index (χ1n) is 12.3.